The van der Waals surface area contributed by atoms with Gasteiger partial charge in [-0.1, -0.05) is 32.0 Å². The number of aromatic nitrogens is 1. The fourth-order valence-corrected chi connectivity index (χ4v) is 4.09. The Bertz CT molecular complexity index is 1270. The fraction of sp³-hybridized carbons (Fsp3) is 0.250. The molecule has 0 spiro atoms. The molecule has 7 heteroatoms. The van der Waals surface area contributed by atoms with E-state index >= 15 is 0 Å². The van der Waals surface area contributed by atoms with E-state index in [4.69, 9.17) is 4.74 Å². The monoisotopic (exact) mass is 474 g/mol. The number of ketones is 1. The molecule has 1 unspecified atom stereocenters. The SMILES string of the molecule is Cc1cc(/C(O)=C2/C(=O)C(=O)N(Cc3cccnc3)C2c2ccc(F)cc2)ccc1OCC(C)C. The first-order valence-corrected chi connectivity index (χ1v) is 11.4. The molecule has 0 aliphatic carbocycles. The maximum absolute atomic E-state index is 13.7. The van der Waals surface area contributed by atoms with Gasteiger partial charge in [0.25, 0.3) is 11.7 Å². The number of carbonyl (C=O) groups is 2. The first kappa shape index (κ1) is 24.1. The molecule has 1 fully saturated rings. The first-order valence-electron chi connectivity index (χ1n) is 11.4. The van der Waals surface area contributed by atoms with E-state index in [0.717, 1.165) is 11.1 Å². The van der Waals surface area contributed by atoms with E-state index in [1.807, 2.05) is 6.92 Å². The number of aliphatic hydroxyl groups is 1. The van der Waals surface area contributed by atoms with Gasteiger partial charge in [0.05, 0.1) is 18.2 Å². The summed E-state index contributed by atoms with van der Waals surface area (Å²) in [5.74, 6) is -1.22. The second-order valence-corrected chi connectivity index (χ2v) is 9.02. The Labute approximate surface area is 203 Å². The molecule has 1 aliphatic heterocycles. The predicted octanol–water partition coefficient (Wildman–Crippen LogP) is 5.19. The molecule has 1 amide bonds. The number of likely N-dealkylation sites (tertiary alicyclic amines) is 1. The van der Waals surface area contributed by atoms with Crippen molar-refractivity contribution < 1.29 is 23.8 Å². The second-order valence-electron chi connectivity index (χ2n) is 9.02. The van der Waals surface area contributed by atoms with Crippen LogP contribution in [-0.4, -0.2) is 33.3 Å². The minimum Gasteiger partial charge on any atom is -0.507 e. The number of benzene rings is 2. The fourth-order valence-electron chi connectivity index (χ4n) is 4.09. The lowest BCUT2D eigenvalue weighted by Gasteiger charge is -2.25. The van der Waals surface area contributed by atoms with E-state index in [0.29, 0.717) is 29.4 Å². The molecule has 3 aromatic rings. The zero-order chi connectivity index (χ0) is 25.1. The summed E-state index contributed by atoms with van der Waals surface area (Å²) >= 11 is 0. The van der Waals surface area contributed by atoms with Crippen molar-refractivity contribution in [2.75, 3.05) is 6.61 Å². The van der Waals surface area contributed by atoms with Crippen molar-refractivity contribution in [1.82, 2.24) is 9.88 Å². The van der Waals surface area contributed by atoms with Crippen LogP contribution in [0.25, 0.3) is 5.76 Å². The lowest BCUT2D eigenvalue weighted by molar-refractivity contribution is -0.140. The lowest BCUT2D eigenvalue weighted by atomic mass is 9.94. The van der Waals surface area contributed by atoms with E-state index in [1.54, 1.807) is 42.7 Å². The van der Waals surface area contributed by atoms with E-state index < -0.39 is 23.5 Å². The number of hydrogen-bond acceptors (Lipinski definition) is 5. The Morgan fingerprint density at radius 1 is 1.14 bits per heavy atom. The van der Waals surface area contributed by atoms with Crippen molar-refractivity contribution in [2.24, 2.45) is 5.92 Å². The van der Waals surface area contributed by atoms with Gasteiger partial charge in [-0.15, -0.1) is 0 Å². The lowest BCUT2D eigenvalue weighted by Crippen LogP contribution is -2.29. The summed E-state index contributed by atoms with van der Waals surface area (Å²) in [6, 6.07) is 13.4. The molecule has 4 rings (SSSR count). The number of aliphatic hydroxyl groups excluding tert-OH is 1. The zero-order valence-corrected chi connectivity index (χ0v) is 19.9. The molecule has 6 nitrogen and oxygen atoms in total. The highest BCUT2D eigenvalue weighted by Gasteiger charge is 2.46. The van der Waals surface area contributed by atoms with E-state index in [2.05, 4.69) is 18.8 Å². The minimum absolute atomic E-state index is 0.0410. The smallest absolute Gasteiger partial charge is 0.295 e. The molecule has 0 radical (unpaired) electrons. The van der Waals surface area contributed by atoms with Crippen molar-refractivity contribution in [1.29, 1.82) is 0 Å². The van der Waals surface area contributed by atoms with Crippen molar-refractivity contribution in [3.05, 3.63) is 101 Å². The number of rotatable bonds is 7. The van der Waals surface area contributed by atoms with E-state index in [-0.39, 0.29) is 17.9 Å². The van der Waals surface area contributed by atoms with Gasteiger partial charge in [-0.2, -0.15) is 0 Å². The van der Waals surface area contributed by atoms with Crippen LogP contribution >= 0.6 is 0 Å². The van der Waals surface area contributed by atoms with Crippen LogP contribution in [0.4, 0.5) is 4.39 Å². The van der Waals surface area contributed by atoms with Gasteiger partial charge in [0.2, 0.25) is 0 Å². The van der Waals surface area contributed by atoms with E-state index in [1.165, 1.54) is 29.2 Å². The molecular formula is C28H27FN2O4. The van der Waals surface area contributed by atoms with Crippen LogP contribution in [0.5, 0.6) is 5.75 Å². The topological polar surface area (TPSA) is 79.7 Å². The molecule has 1 saturated heterocycles. The number of pyridine rings is 1. The minimum atomic E-state index is -0.882. The van der Waals surface area contributed by atoms with Gasteiger partial charge in [0.15, 0.2) is 0 Å². The predicted molar refractivity (Wildman–Crippen MR) is 130 cm³/mol. The van der Waals surface area contributed by atoms with Crippen LogP contribution in [0.3, 0.4) is 0 Å². The zero-order valence-electron chi connectivity index (χ0n) is 19.9. The molecule has 1 aromatic heterocycles. The van der Waals surface area contributed by atoms with Gasteiger partial charge >= 0.3 is 0 Å². The molecule has 180 valence electrons. The Morgan fingerprint density at radius 2 is 1.89 bits per heavy atom. The van der Waals surface area contributed by atoms with Crippen LogP contribution < -0.4 is 4.74 Å². The maximum Gasteiger partial charge on any atom is 0.295 e. The van der Waals surface area contributed by atoms with Crippen LogP contribution in [0.2, 0.25) is 0 Å². The largest absolute Gasteiger partial charge is 0.507 e. The Morgan fingerprint density at radius 3 is 2.51 bits per heavy atom. The van der Waals surface area contributed by atoms with Crippen molar-refractivity contribution in [2.45, 2.75) is 33.4 Å². The van der Waals surface area contributed by atoms with Crippen LogP contribution in [0.15, 0.2) is 72.6 Å². The number of halogens is 1. The molecule has 1 aliphatic rings. The highest BCUT2D eigenvalue weighted by molar-refractivity contribution is 6.46. The third-order valence-electron chi connectivity index (χ3n) is 5.82. The average molecular weight is 475 g/mol. The van der Waals surface area contributed by atoms with Gasteiger partial charge in [-0.25, -0.2) is 4.39 Å². The van der Waals surface area contributed by atoms with Gasteiger partial charge < -0.3 is 14.7 Å². The summed E-state index contributed by atoms with van der Waals surface area (Å²) in [5.41, 5.74) is 2.39. The Kier molecular flexibility index (Phi) is 6.96. The second kappa shape index (κ2) is 10.1. The van der Waals surface area contributed by atoms with Crippen LogP contribution in [-0.2, 0) is 16.1 Å². The summed E-state index contributed by atoms with van der Waals surface area (Å²) in [4.78, 5) is 31.7. The summed E-state index contributed by atoms with van der Waals surface area (Å²) in [5, 5.41) is 11.3. The summed E-state index contributed by atoms with van der Waals surface area (Å²) in [6.07, 6.45) is 3.23. The summed E-state index contributed by atoms with van der Waals surface area (Å²) < 4.78 is 19.5. The molecule has 0 saturated carbocycles. The Balaban J connectivity index is 1.78. The van der Waals surface area contributed by atoms with Gasteiger partial charge in [0, 0.05) is 24.5 Å². The van der Waals surface area contributed by atoms with Crippen LogP contribution in [0, 0.1) is 18.7 Å². The third kappa shape index (κ3) is 5.09. The molecule has 0 bridgehead atoms. The first-order chi connectivity index (χ1) is 16.8. The quantitative estimate of drug-likeness (QED) is 0.290. The normalized spacial score (nSPS) is 17.3. The Hall–Kier alpha value is -4.00. The van der Waals surface area contributed by atoms with Crippen molar-refractivity contribution in [3.8, 4) is 5.75 Å². The highest BCUT2D eigenvalue weighted by Crippen LogP contribution is 2.40. The number of hydrogen-bond donors (Lipinski definition) is 1. The molecule has 1 N–H and O–H groups in total. The molecule has 1 atom stereocenters. The molecule has 2 heterocycles. The molecule has 2 aromatic carbocycles. The van der Waals surface area contributed by atoms with Gasteiger partial charge in [-0.05, 0) is 65.9 Å². The molecule has 35 heavy (non-hydrogen) atoms. The van der Waals surface area contributed by atoms with Gasteiger partial charge in [0.1, 0.15) is 17.3 Å². The number of Topliss-reactive ketones (excluding diaryl/α,β-unsaturated/α-hetero) is 1. The average Bonchev–Trinajstić information content (AvgIpc) is 3.09. The van der Waals surface area contributed by atoms with Crippen molar-refractivity contribution >= 4 is 17.4 Å². The number of nitrogens with zero attached hydrogens (tertiary/aromatic N) is 2. The number of carbonyl (C=O) groups excluding carboxylic acids is 2. The van der Waals surface area contributed by atoms with E-state index in [9.17, 15) is 19.1 Å². The highest BCUT2D eigenvalue weighted by atomic mass is 19.1. The maximum atomic E-state index is 13.7. The van der Waals surface area contributed by atoms with Crippen molar-refractivity contribution in [3.63, 3.8) is 0 Å². The van der Waals surface area contributed by atoms with Gasteiger partial charge in [-0.3, -0.25) is 14.6 Å². The standard InChI is InChI=1S/C28H27FN2O4/c1-17(2)16-35-23-11-8-21(13-18(23)3)26(32)24-25(20-6-9-22(29)10-7-20)31(28(34)27(24)33)15-19-5-4-12-30-14-19/h4-14,17,25,32H,15-16H2,1-3H3/b26-24-. The number of amides is 1. The van der Waals surface area contributed by atoms with Crippen LogP contribution in [0.1, 0.15) is 42.1 Å². The number of aryl methyl sites for hydroxylation is 1. The summed E-state index contributed by atoms with van der Waals surface area (Å²) in [6.45, 7) is 6.62. The third-order valence-corrected chi connectivity index (χ3v) is 5.82. The molecular weight excluding hydrogens is 447 g/mol. The summed E-state index contributed by atoms with van der Waals surface area (Å²) in [7, 11) is 0. The number of ether oxygens (including phenoxy) is 1.